The van der Waals surface area contributed by atoms with Gasteiger partial charge in [0.15, 0.2) is 5.96 Å². The number of anilines is 1. The van der Waals surface area contributed by atoms with Gasteiger partial charge in [-0.25, -0.2) is 4.79 Å². The number of nitrogens with zero attached hydrogens (tertiary/aromatic N) is 2. The van der Waals surface area contributed by atoms with Crippen LogP contribution in [0.5, 0.6) is 0 Å². The van der Waals surface area contributed by atoms with Gasteiger partial charge in [-0.3, -0.25) is 4.99 Å². The van der Waals surface area contributed by atoms with Gasteiger partial charge in [-0.1, -0.05) is 12.1 Å². The molecule has 2 amide bonds. The fourth-order valence-electron chi connectivity index (χ4n) is 2.97. The number of halogens is 1. The summed E-state index contributed by atoms with van der Waals surface area (Å²) in [7, 11) is 1.77. The lowest BCUT2D eigenvalue weighted by Crippen LogP contribution is -2.37. The van der Waals surface area contributed by atoms with Gasteiger partial charge in [0.25, 0.3) is 0 Å². The van der Waals surface area contributed by atoms with Gasteiger partial charge in [0.05, 0.1) is 0 Å². The average Bonchev–Trinajstić information content (AvgIpc) is 3.22. The van der Waals surface area contributed by atoms with Gasteiger partial charge in [0.2, 0.25) is 0 Å². The zero-order valence-corrected chi connectivity index (χ0v) is 19.3. The first-order valence-electron chi connectivity index (χ1n) is 9.90. The van der Waals surface area contributed by atoms with E-state index in [4.69, 9.17) is 4.74 Å². The minimum Gasteiger partial charge on any atom is -0.382 e. The number of carbonyl (C=O) groups excluding carboxylic acids is 1. The largest absolute Gasteiger partial charge is 0.382 e. The van der Waals surface area contributed by atoms with Crippen LogP contribution in [-0.4, -0.2) is 56.8 Å². The topological polar surface area (TPSA) is 78.0 Å². The number of likely N-dealkylation sites (tertiary alicyclic amines) is 1. The second kappa shape index (κ2) is 14.4. The summed E-state index contributed by atoms with van der Waals surface area (Å²) in [6.07, 6.45) is 4.26. The number of carbonyl (C=O) groups is 1. The second-order valence-electron chi connectivity index (χ2n) is 6.58. The van der Waals surface area contributed by atoms with Crippen LogP contribution in [0.4, 0.5) is 10.5 Å². The highest BCUT2D eigenvalue weighted by Gasteiger charge is 2.17. The Hall–Kier alpha value is -1.55. The molecule has 1 heterocycles. The first kappa shape index (κ1) is 24.5. The number of unbranched alkanes of at least 4 members (excludes halogenated alkanes) is 1. The van der Waals surface area contributed by atoms with E-state index in [9.17, 15) is 4.79 Å². The Kier molecular flexibility index (Phi) is 12.6. The number of urea groups is 1. The molecule has 0 saturated carbocycles. The molecule has 3 N–H and O–H groups in total. The number of hydrogen-bond acceptors (Lipinski definition) is 3. The van der Waals surface area contributed by atoms with Crippen molar-refractivity contribution >= 4 is 41.7 Å². The van der Waals surface area contributed by atoms with Crippen LogP contribution in [0, 0.1) is 0 Å². The maximum atomic E-state index is 12.2. The molecule has 0 spiro atoms. The number of amides is 2. The van der Waals surface area contributed by atoms with Crippen LogP contribution >= 0.6 is 24.0 Å². The standard InChI is InChI=1S/C20H33N5O2.HI/c1-3-27-14-7-4-11-22-19(21-2)23-16-17-9-8-10-18(15-17)24-20(26)25-12-5-6-13-25;/h8-10,15H,3-7,11-14,16H2,1-2H3,(H,24,26)(H2,21,22,23);1H. The fraction of sp³-hybridized carbons (Fsp3) is 0.600. The lowest BCUT2D eigenvalue weighted by atomic mass is 10.2. The number of benzene rings is 1. The third-order valence-corrected chi connectivity index (χ3v) is 4.47. The van der Waals surface area contributed by atoms with Gasteiger partial charge < -0.3 is 25.6 Å². The minimum absolute atomic E-state index is 0. The van der Waals surface area contributed by atoms with Crippen LogP contribution < -0.4 is 16.0 Å². The highest BCUT2D eigenvalue weighted by atomic mass is 127. The maximum Gasteiger partial charge on any atom is 0.321 e. The minimum atomic E-state index is -0.0119. The van der Waals surface area contributed by atoms with Crippen LogP contribution in [0.2, 0.25) is 0 Å². The Bertz CT molecular complexity index is 606. The summed E-state index contributed by atoms with van der Waals surface area (Å²) in [5, 5.41) is 9.60. The molecule has 8 heteroatoms. The molecule has 0 aliphatic carbocycles. The van der Waals surface area contributed by atoms with Crippen LogP contribution in [0.15, 0.2) is 29.3 Å². The highest BCUT2D eigenvalue weighted by Crippen LogP contribution is 2.14. The monoisotopic (exact) mass is 503 g/mol. The number of rotatable bonds is 9. The van der Waals surface area contributed by atoms with E-state index in [1.165, 1.54) is 0 Å². The Balaban J connectivity index is 0.00000392. The summed E-state index contributed by atoms with van der Waals surface area (Å²) in [6, 6.07) is 7.90. The van der Waals surface area contributed by atoms with Gasteiger partial charge in [-0.15, -0.1) is 24.0 Å². The number of ether oxygens (including phenoxy) is 1. The Morgan fingerprint density at radius 2 is 2.00 bits per heavy atom. The molecule has 0 aromatic heterocycles. The molecule has 1 fully saturated rings. The van der Waals surface area contributed by atoms with E-state index in [2.05, 4.69) is 20.9 Å². The summed E-state index contributed by atoms with van der Waals surface area (Å²) in [5.74, 6) is 0.776. The molecule has 2 rings (SSSR count). The molecule has 0 radical (unpaired) electrons. The van der Waals surface area contributed by atoms with Crippen molar-refractivity contribution in [1.82, 2.24) is 15.5 Å². The second-order valence-corrected chi connectivity index (χ2v) is 6.58. The normalized spacial score (nSPS) is 13.8. The van der Waals surface area contributed by atoms with Crippen molar-refractivity contribution in [2.24, 2.45) is 4.99 Å². The van der Waals surface area contributed by atoms with Crippen LogP contribution in [0.25, 0.3) is 0 Å². The van der Waals surface area contributed by atoms with Crippen LogP contribution in [-0.2, 0) is 11.3 Å². The molecule has 1 aliphatic rings. The zero-order chi connectivity index (χ0) is 19.3. The summed E-state index contributed by atoms with van der Waals surface area (Å²) in [4.78, 5) is 18.3. The Morgan fingerprint density at radius 1 is 1.21 bits per heavy atom. The van der Waals surface area contributed by atoms with Crippen LogP contribution in [0.1, 0.15) is 38.2 Å². The van der Waals surface area contributed by atoms with Crippen molar-refractivity contribution in [3.63, 3.8) is 0 Å². The first-order chi connectivity index (χ1) is 13.2. The number of aliphatic imine (C=N–C) groups is 1. The van der Waals surface area contributed by atoms with Crippen molar-refractivity contribution in [2.45, 2.75) is 39.2 Å². The SMILES string of the molecule is CCOCCCCNC(=NC)NCc1cccc(NC(=O)N2CCCC2)c1.I. The van der Waals surface area contributed by atoms with Crippen molar-refractivity contribution in [2.75, 3.05) is 45.2 Å². The van der Waals surface area contributed by atoms with Crippen LogP contribution in [0.3, 0.4) is 0 Å². The van der Waals surface area contributed by atoms with Gasteiger partial charge in [0, 0.05) is 52.1 Å². The Labute approximate surface area is 185 Å². The molecule has 0 unspecified atom stereocenters. The van der Waals surface area contributed by atoms with Gasteiger partial charge in [-0.2, -0.15) is 0 Å². The van der Waals surface area contributed by atoms with E-state index in [0.717, 1.165) is 75.7 Å². The Morgan fingerprint density at radius 3 is 2.71 bits per heavy atom. The van der Waals surface area contributed by atoms with E-state index in [-0.39, 0.29) is 30.0 Å². The van der Waals surface area contributed by atoms with E-state index in [1.54, 1.807) is 7.05 Å². The molecule has 0 bridgehead atoms. The fourth-order valence-corrected chi connectivity index (χ4v) is 2.97. The molecule has 1 saturated heterocycles. The van der Waals surface area contributed by atoms with Crippen molar-refractivity contribution in [1.29, 1.82) is 0 Å². The molecule has 0 atom stereocenters. The molecule has 1 aromatic carbocycles. The van der Waals surface area contributed by atoms with E-state index in [1.807, 2.05) is 36.1 Å². The van der Waals surface area contributed by atoms with Crippen molar-refractivity contribution in [3.05, 3.63) is 29.8 Å². The predicted molar refractivity (Wildman–Crippen MR) is 126 cm³/mol. The van der Waals surface area contributed by atoms with Gasteiger partial charge >= 0.3 is 6.03 Å². The summed E-state index contributed by atoms with van der Waals surface area (Å²) >= 11 is 0. The third kappa shape index (κ3) is 9.09. The van der Waals surface area contributed by atoms with E-state index in [0.29, 0.717) is 6.54 Å². The highest BCUT2D eigenvalue weighted by molar-refractivity contribution is 14.0. The van der Waals surface area contributed by atoms with Crippen molar-refractivity contribution < 1.29 is 9.53 Å². The third-order valence-electron chi connectivity index (χ3n) is 4.47. The quantitative estimate of drug-likeness (QED) is 0.209. The summed E-state index contributed by atoms with van der Waals surface area (Å²) in [6.45, 7) is 6.79. The van der Waals surface area contributed by atoms with Gasteiger partial charge in [-0.05, 0) is 50.3 Å². The molecule has 7 nitrogen and oxygen atoms in total. The predicted octanol–water partition coefficient (Wildman–Crippen LogP) is 3.41. The van der Waals surface area contributed by atoms with E-state index >= 15 is 0 Å². The number of hydrogen-bond donors (Lipinski definition) is 3. The molecule has 28 heavy (non-hydrogen) atoms. The van der Waals surface area contributed by atoms with E-state index < -0.39 is 0 Å². The molecule has 1 aromatic rings. The smallest absolute Gasteiger partial charge is 0.321 e. The molecule has 158 valence electrons. The summed E-state index contributed by atoms with van der Waals surface area (Å²) in [5.41, 5.74) is 1.92. The van der Waals surface area contributed by atoms with Crippen molar-refractivity contribution in [3.8, 4) is 0 Å². The zero-order valence-electron chi connectivity index (χ0n) is 17.0. The lowest BCUT2D eigenvalue weighted by molar-refractivity contribution is 0.143. The molecular weight excluding hydrogens is 469 g/mol. The number of nitrogens with one attached hydrogen (secondary N) is 3. The lowest BCUT2D eigenvalue weighted by Gasteiger charge is -2.17. The maximum absolute atomic E-state index is 12.2. The average molecular weight is 503 g/mol. The molecular formula is C20H34IN5O2. The van der Waals surface area contributed by atoms with Gasteiger partial charge in [0.1, 0.15) is 0 Å². The number of guanidine groups is 1. The first-order valence-corrected chi connectivity index (χ1v) is 9.90. The molecule has 1 aliphatic heterocycles. The summed E-state index contributed by atoms with van der Waals surface area (Å²) < 4.78 is 5.34.